The van der Waals surface area contributed by atoms with Crippen LogP contribution in [0.5, 0.6) is 5.75 Å². The van der Waals surface area contributed by atoms with E-state index in [4.69, 9.17) is 4.74 Å². The van der Waals surface area contributed by atoms with Crippen LogP contribution in [0.2, 0.25) is 0 Å². The van der Waals surface area contributed by atoms with Gasteiger partial charge in [0.05, 0.1) is 11.6 Å². The van der Waals surface area contributed by atoms with Gasteiger partial charge in [-0.3, -0.25) is 9.59 Å². The molecule has 1 fully saturated rings. The Balaban J connectivity index is 1.69. The summed E-state index contributed by atoms with van der Waals surface area (Å²) < 4.78 is 6.82. The summed E-state index contributed by atoms with van der Waals surface area (Å²) in [5, 5.41) is 11.5. The Morgan fingerprint density at radius 3 is 2.32 bits per heavy atom. The lowest BCUT2D eigenvalue weighted by Gasteiger charge is -2.28. The first-order chi connectivity index (χ1) is 18.3. The van der Waals surface area contributed by atoms with Crippen LogP contribution in [0.3, 0.4) is 0 Å². The molecule has 0 aliphatic carbocycles. The second-order valence-electron chi connectivity index (χ2n) is 9.32. The van der Waals surface area contributed by atoms with E-state index in [0.29, 0.717) is 31.0 Å². The number of ketones is 1. The van der Waals surface area contributed by atoms with Crippen molar-refractivity contribution < 1.29 is 19.4 Å². The predicted octanol–water partition coefficient (Wildman–Crippen LogP) is 6.10. The third kappa shape index (κ3) is 6.00. The van der Waals surface area contributed by atoms with Crippen molar-refractivity contribution in [3.63, 3.8) is 0 Å². The summed E-state index contributed by atoms with van der Waals surface area (Å²) in [6, 6.07) is 22.1. The summed E-state index contributed by atoms with van der Waals surface area (Å²) >= 11 is 3.46. The maximum Gasteiger partial charge on any atom is 0.295 e. The number of halogens is 1. The molecule has 1 amide bonds. The van der Waals surface area contributed by atoms with Crippen LogP contribution in [0.15, 0.2) is 82.8 Å². The fourth-order valence-corrected chi connectivity index (χ4v) is 5.03. The molecule has 1 aliphatic heterocycles. The molecule has 0 bridgehead atoms. The first-order valence-corrected chi connectivity index (χ1v) is 13.7. The van der Waals surface area contributed by atoms with Crippen molar-refractivity contribution in [2.45, 2.75) is 33.4 Å². The van der Waals surface area contributed by atoms with Crippen molar-refractivity contribution in [3.8, 4) is 5.75 Å². The van der Waals surface area contributed by atoms with E-state index in [1.807, 2.05) is 67.6 Å². The van der Waals surface area contributed by atoms with E-state index in [0.717, 1.165) is 34.3 Å². The highest BCUT2D eigenvalue weighted by atomic mass is 79.9. The highest BCUT2D eigenvalue weighted by Crippen LogP contribution is 2.40. The molecule has 1 saturated heterocycles. The van der Waals surface area contributed by atoms with Crippen LogP contribution >= 0.6 is 15.9 Å². The number of aliphatic hydroxyl groups excluding tert-OH is 1. The summed E-state index contributed by atoms with van der Waals surface area (Å²) in [6.45, 7) is 9.14. The van der Waals surface area contributed by atoms with Crippen molar-refractivity contribution in [2.24, 2.45) is 0 Å². The third-order valence-electron chi connectivity index (χ3n) is 6.98. The number of benzene rings is 3. The largest absolute Gasteiger partial charge is 0.507 e. The average Bonchev–Trinajstić information content (AvgIpc) is 3.18. The van der Waals surface area contributed by atoms with Gasteiger partial charge in [-0.15, -0.1) is 0 Å². The van der Waals surface area contributed by atoms with Gasteiger partial charge in [-0.25, -0.2) is 0 Å². The highest BCUT2D eigenvalue weighted by Gasteiger charge is 2.46. The molecule has 6 nitrogen and oxygen atoms in total. The van der Waals surface area contributed by atoms with Crippen molar-refractivity contribution in [2.75, 3.05) is 26.2 Å². The number of aryl methyl sites for hydroxylation is 1. The van der Waals surface area contributed by atoms with Crippen molar-refractivity contribution in [1.29, 1.82) is 0 Å². The number of ether oxygens (including phenoxy) is 1. The van der Waals surface area contributed by atoms with Crippen LogP contribution < -0.4 is 4.74 Å². The van der Waals surface area contributed by atoms with Crippen molar-refractivity contribution in [1.82, 2.24) is 9.80 Å². The Morgan fingerprint density at radius 2 is 1.68 bits per heavy atom. The molecular formula is C31H33BrN2O4. The zero-order chi connectivity index (χ0) is 27.2. The predicted molar refractivity (Wildman–Crippen MR) is 153 cm³/mol. The Kier molecular flexibility index (Phi) is 9.02. The van der Waals surface area contributed by atoms with Crippen molar-refractivity contribution in [3.05, 3.63) is 105 Å². The summed E-state index contributed by atoms with van der Waals surface area (Å²) in [5.41, 5.74) is 3.18. The van der Waals surface area contributed by atoms with Crippen LogP contribution in [0.1, 0.15) is 42.1 Å². The number of amides is 1. The molecule has 38 heavy (non-hydrogen) atoms. The third-order valence-corrected chi connectivity index (χ3v) is 7.51. The molecule has 3 aromatic rings. The molecule has 0 unspecified atom stereocenters. The molecule has 198 valence electrons. The second kappa shape index (κ2) is 12.4. The molecular weight excluding hydrogens is 544 g/mol. The van der Waals surface area contributed by atoms with Crippen LogP contribution in [0, 0.1) is 6.92 Å². The first kappa shape index (κ1) is 27.6. The topological polar surface area (TPSA) is 70.1 Å². The van der Waals surface area contributed by atoms with Gasteiger partial charge < -0.3 is 19.6 Å². The lowest BCUT2D eigenvalue weighted by molar-refractivity contribution is -0.140. The van der Waals surface area contributed by atoms with E-state index in [2.05, 4.69) is 34.7 Å². The zero-order valence-electron chi connectivity index (χ0n) is 22.0. The smallest absolute Gasteiger partial charge is 0.295 e. The zero-order valence-corrected chi connectivity index (χ0v) is 23.6. The Hall–Kier alpha value is -3.42. The number of likely N-dealkylation sites (tertiary alicyclic amines) is 1. The van der Waals surface area contributed by atoms with Gasteiger partial charge in [0.1, 0.15) is 18.1 Å². The van der Waals surface area contributed by atoms with Crippen LogP contribution in [0.4, 0.5) is 0 Å². The minimum absolute atomic E-state index is 0.109. The fourth-order valence-electron chi connectivity index (χ4n) is 4.77. The van der Waals surface area contributed by atoms with Gasteiger partial charge in [0.2, 0.25) is 0 Å². The van der Waals surface area contributed by atoms with Crippen molar-refractivity contribution >= 4 is 33.4 Å². The number of aliphatic hydroxyl groups is 1. The van der Waals surface area contributed by atoms with Crippen LogP contribution in [0.25, 0.3) is 5.76 Å². The molecule has 0 spiro atoms. The van der Waals surface area contributed by atoms with E-state index in [1.54, 1.807) is 17.0 Å². The van der Waals surface area contributed by atoms with E-state index >= 15 is 0 Å². The molecule has 0 aromatic heterocycles. The minimum Gasteiger partial charge on any atom is -0.507 e. The number of carbonyl (C=O) groups is 2. The SMILES string of the molecule is CCN(CC)CCN1C(=O)C(=O)/C(=C(/O)c2ccc(OCc3ccccc3)cc2C)[C@H]1c1ccc(Br)cc1. The van der Waals surface area contributed by atoms with Gasteiger partial charge in [0.15, 0.2) is 0 Å². The summed E-state index contributed by atoms with van der Waals surface area (Å²) in [4.78, 5) is 30.4. The molecule has 7 heteroatoms. The first-order valence-electron chi connectivity index (χ1n) is 12.9. The molecule has 4 rings (SSSR count). The quantitative estimate of drug-likeness (QED) is 0.179. The van der Waals surface area contributed by atoms with Crippen LogP contribution in [-0.4, -0.2) is 52.8 Å². The Labute approximate surface area is 232 Å². The van der Waals surface area contributed by atoms with E-state index in [1.165, 1.54) is 0 Å². The number of likely N-dealkylation sites (N-methyl/N-ethyl adjacent to an activating group) is 1. The van der Waals surface area contributed by atoms with Gasteiger partial charge in [0, 0.05) is 23.1 Å². The van der Waals surface area contributed by atoms with Gasteiger partial charge in [-0.1, -0.05) is 72.2 Å². The average molecular weight is 578 g/mol. The molecule has 1 aliphatic rings. The summed E-state index contributed by atoms with van der Waals surface area (Å²) in [6.07, 6.45) is 0. The molecule has 1 heterocycles. The van der Waals surface area contributed by atoms with E-state index in [9.17, 15) is 14.7 Å². The Bertz CT molecular complexity index is 1320. The number of Topliss-reactive ketones (excluding diaryl/α,β-unsaturated/α-hetero) is 1. The number of hydrogen-bond donors (Lipinski definition) is 1. The lowest BCUT2D eigenvalue weighted by Crippen LogP contribution is -2.38. The maximum atomic E-state index is 13.3. The monoisotopic (exact) mass is 576 g/mol. The van der Waals surface area contributed by atoms with E-state index in [-0.39, 0.29) is 11.3 Å². The molecule has 3 aromatic carbocycles. The number of rotatable bonds is 10. The molecule has 0 radical (unpaired) electrons. The normalized spacial score (nSPS) is 16.9. The molecule has 1 N–H and O–H groups in total. The Morgan fingerprint density at radius 1 is 1.00 bits per heavy atom. The van der Waals surface area contributed by atoms with Gasteiger partial charge >= 0.3 is 0 Å². The number of nitrogens with zero attached hydrogens (tertiary/aromatic N) is 2. The second-order valence-corrected chi connectivity index (χ2v) is 10.2. The van der Waals surface area contributed by atoms with Gasteiger partial charge in [-0.2, -0.15) is 0 Å². The van der Waals surface area contributed by atoms with Gasteiger partial charge in [0.25, 0.3) is 11.7 Å². The molecule has 0 saturated carbocycles. The standard InChI is InChI=1S/C31H33BrN2O4/c1-4-33(5-2)17-18-34-28(23-11-13-24(32)14-12-23)27(30(36)31(34)37)29(35)26-16-15-25(19-21(26)3)38-20-22-9-7-6-8-10-22/h6-16,19,28,35H,4-5,17-18,20H2,1-3H3/b29-27+/t28-/m1/s1. The van der Waals surface area contributed by atoms with Gasteiger partial charge in [-0.05, 0) is 67.0 Å². The minimum atomic E-state index is -0.674. The van der Waals surface area contributed by atoms with E-state index < -0.39 is 17.7 Å². The fraction of sp³-hybridized carbons (Fsp3) is 0.290. The maximum absolute atomic E-state index is 13.3. The summed E-state index contributed by atoms with van der Waals surface area (Å²) in [5.74, 6) is -0.772. The van der Waals surface area contributed by atoms with Crippen LogP contribution in [-0.2, 0) is 16.2 Å². The number of carbonyl (C=O) groups excluding carboxylic acids is 2. The number of hydrogen-bond acceptors (Lipinski definition) is 5. The highest BCUT2D eigenvalue weighted by molar-refractivity contribution is 9.10. The molecule has 1 atom stereocenters. The summed E-state index contributed by atoms with van der Waals surface area (Å²) in [7, 11) is 0. The lowest BCUT2D eigenvalue weighted by atomic mass is 9.94.